The van der Waals surface area contributed by atoms with E-state index in [1.54, 1.807) is 0 Å². The number of ether oxygens (including phenoxy) is 2. The zero-order chi connectivity index (χ0) is 29.4. The molecule has 0 aromatic rings. The van der Waals surface area contributed by atoms with Crippen LogP contribution < -0.4 is 0 Å². The maximum Gasteiger partial charge on any atom is 0.312 e. The maximum atomic E-state index is 14.2. The molecule has 5 aliphatic carbocycles. The van der Waals surface area contributed by atoms with Crippen LogP contribution in [0.15, 0.2) is 12.2 Å². The molecule has 5 saturated carbocycles. The van der Waals surface area contributed by atoms with Crippen molar-refractivity contribution in [1.29, 1.82) is 0 Å². The molecule has 6 fully saturated rings. The van der Waals surface area contributed by atoms with E-state index in [9.17, 15) is 9.90 Å². The Balaban J connectivity index is 1.28. The lowest BCUT2D eigenvalue weighted by Gasteiger charge is -2.72. The molecule has 0 aromatic carbocycles. The Kier molecular flexibility index (Phi) is 7.59. The first-order valence-electron chi connectivity index (χ1n) is 17.1. The highest BCUT2D eigenvalue weighted by molar-refractivity contribution is 5.78. The highest BCUT2D eigenvalue weighted by atomic mass is 16.5. The van der Waals surface area contributed by atoms with Gasteiger partial charge in [-0.15, -0.1) is 0 Å². The molecule has 0 amide bonds. The monoisotopic (exact) mass is 569 g/mol. The third-order valence-electron chi connectivity index (χ3n) is 15.2. The predicted molar refractivity (Wildman–Crippen MR) is 163 cm³/mol. The van der Waals surface area contributed by atoms with Crippen molar-refractivity contribution in [2.75, 3.05) is 39.5 Å². The summed E-state index contributed by atoms with van der Waals surface area (Å²) in [6.07, 6.45) is 11.0. The average Bonchev–Trinajstić information content (AvgIpc) is 3.33. The fourth-order valence-corrected chi connectivity index (χ4v) is 12.7. The van der Waals surface area contributed by atoms with Crippen LogP contribution in [-0.2, 0) is 14.3 Å². The Morgan fingerprint density at radius 2 is 1.63 bits per heavy atom. The summed E-state index contributed by atoms with van der Waals surface area (Å²) in [7, 11) is 0. The number of morpholine rings is 1. The van der Waals surface area contributed by atoms with Crippen molar-refractivity contribution in [1.82, 2.24) is 4.90 Å². The zero-order valence-electron chi connectivity index (χ0n) is 27.1. The van der Waals surface area contributed by atoms with E-state index in [2.05, 4.69) is 53.0 Å². The minimum absolute atomic E-state index is 0.0186. The molecule has 1 heterocycles. The summed E-state index contributed by atoms with van der Waals surface area (Å²) in [4.78, 5) is 16.5. The van der Waals surface area contributed by atoms with Crippen molar-refractivity contribution in [3.8, 4) is 0 Å². The summed E-state index contributed by atoms with van der Waals surface area (Å²) in [5.74, 6) is 2.66. The minimum Gasteiger partial charge on any atom is -0.464 e. The van der Waals surface area contributed by atoms with Crippen LogP contribution in [-0.4, -0.2) is 61.5 Å². The number of hydrogen-bond donors (Lipinski definition) is 1. The number of carbonyl (C=O) groups is 1. The molecule has 0 bridgehead atoms. The number of hydrogen-bond acceptors (Lipinski definition) is 5. The molecule has 0 radical (unpaired) electrons. The van der Waals surface area contributed by atoms with Gasteiger partial charge in [0.05, 0.1) is 24.7 Å². The average molecular weight is 570 g/mol. The third kappa shape index (κ3) is 4.28. The number of fused-ring (bicyclic) bond motifs is 7. The molecule has 41 heavy (non-hydrogen) atoms. The van der Waals surface area contributed by atoms with Gasteiger partial charge in [0.15, 0.2) is 0 Å². The van der Waals surface area contributed by atoms with Crippen LogP contribution in [0.5, 0.6) is 0 Å². The number of aliphatic hydroxyl groups is 1. The quantitative estimate of drug-likeness (QED) is 0.289. The van der Waals surface area contributed by atoms with Crippen molar-refractivity contribution >= 4 is 5.97 Å². The van der Waals surface area contributed by atoms with Gasteiger partial charge in [0.2, 0.25) is 0 Å². The van der Waals surface area contributed by atoms with E-state index in [0.29, 0.717) is 36.2 Å². The highest BCUT2D eigenvalue weighted by Gasteiger charge is 2.72. The van der Waals surface area contributed by atoms with E-state index in [4.69, 9.17) is 9.47 Å². The molecular formula is C36H59NO4. The first-order chi connectivity index (χ1) is 19.3. The highest BCUT2D eigenvalue weighted by Crippen LogP contribution is 2.77. The SMILES string of the molecule is C=C(C)[C@@H]1CC[C@]2(C(=O)OCCN3CCOCC3)CC[C@]3(C)[C@H](CC[C@@H]4[C@@]5(C)CC[C@H](O)C(C)(C)[C@@H]5CC[C@]43C)[C@@H]12. The van der Waals surface area contributed by atoms with Crippen molar-refractivity contribution < 1.29 is 19.4 Å². The molecule has 6 rings (SSSR count). The molecule has 10 atom stereocenters. The molecular weight excluding hydrogens is 510 g/mol. The van der Waals surface area contributed by atoms with Crippen LogP contribution in [0, 0.1) is 56.7 Å². The Hall–Kier alpha value is -0.910. The van der Waals surface area contributed by atoms with Gasteiger partial charge in [0.25, 0.3) is 0 Å². The van der Waals surface area contributed by atoms with Crippen molar-refractivity contribution in [3.05, 3.63) is 12.2 Å². The number of esters is 1. The topological polar surface area (TPSA) is 59.0 Å². The molecule has 6 aliphatic rings. The molecule has 0 spiro atoms. The largest absolute Gasteiger partial charge is 0.464 e. The maximum absolute atomic E-state index is 14.2. The Bertz CT molecular complexity index is 1030. The van der Waals surface area contributed by atoms with E-state index < -0.39 is 0 Å². The Labute approximate surface area is 250 Å². The van der Waals surface area contributed by atoms with Gasteiger partial charge in [-0.25, -0.2) is 0 Å². The fraction of sp³-hybridized carbons (Fsp3) is 0.917. The number of allylic oxidation sites excluding steroid dienone is 1. The lowest BCUT2D eigenvalue weighted by atomic mass is 9.32. The summed E-state index contributed by atoms with van der Waals surface area (Å²) < 4.78 is 11.7. The van der Waals surface area contributed by atoms with Crippen molar-refractivity contribution in [2.45, 2.75) is 112 Å². The normalized spacial score (nSPS) is 49.2. The van der Waals surface area contributed by atoms with Gasteiger partial charge < -0.3 is 14.6 Å². The van der Waals surface area contributed by atoms with Gasteiger partial charge in [0, 0.05) is 19.6 Å². The van der Waals surface area contributed by atoms with Gasteiger partial charge in [-0.1, -0.05) is 46.8 Å². The van der Waals surface area contributed by atoms with Gasteiger partial charge >= 0.3 is 5.97 Å². The van der Waals surface area contributed by atoms with E-state index in [-0.39, 0.29) is 39.1 Å². The summed E-state index contributed by atoms with van der Waals surface area (Å²) in [5.41, 5.74) is 1.65. The van der Waals surface area contributed by atoms with Gasteiger partial charge in [-0.2, -0.15) is 0 Å². The first kappa shape index (κ1) is 30.1. The third-order valence-corrected chi connectivity index (χ3v) is 15.2. The minimum atomic E-state index is -0.347. The molecule has 5 nitrogen and oxygen atoms in total. The molecule has 0 unspecified atom stereocenters. The van der Waals surface area contributed by atoms with Crippen LogP contribution in [0.2, 0.25) is 0 Å². The number of nitrogens with zero attached hydrogens (tertiary/aromatic N) is 1. The zero-order valence-corrected chi connectivity index (χ0v) is 27.1. The molecule has 5 heteroatoms. The Morgan fingerprint density at radius 1 is 0.902 bits per heavy atom. The number of rotatable bonds is 5. The smallest absolute Gasteiger partial charge is 0.312 e. The van der Waals surface area contributed by atoms with E-state index in [0.717, 1.165) is 71.4 Å². The van der Waals surface area contributed by atoms with E-state index >= 15 is 0 Å². The molecule has 232 valence electrons. The Morgan fingerprint density at radius 3 is 2.34 bits per heavy atom. The summed E-state index contributed by atoms with van der Waals surface area (Å²) in [6.45, 7) is 24.0. The summed E-state index contributed by atoms with van der Waals surface area (Å²) >= 11 is 0. The van der Waals surface area contributed by atoms with Crippen molar-refractivity contribution in [2.24, 2.45) is 56.7 Å². The lowest BCUT2D eigenvalue weighted by molar-refractivity contribution is -0.248. The van der Waals surface area contributed by atoms with Crippen LogP contribution in [0.3, 0.4) is 0 Å². The second kappa shape index (κ2) is 10.3. The molecule has 0 aromatic heterocycles. The summed E-state index contributed by atoms with van der Waals surface area (Å²) in [6, 6.07) is 0. The lowest BCUT2D eigenvalue weighted by Crippen LogP contribution is -2.67. The van der Waals surface area contributed by atoms with Crippen LogP contribution in [0.25, 0.3) is 0 Å². The van der Waals surface area contributed by atoms with E-state index in [1.807, 2.05) is 0 Å². The standard InChI is InChI=1S/C36H59NO4/c1-24(2)25-10-15-36(31(39)41-23-20-37-18-21-40-22-19-37)17-16-34(6)26(30(25)36)8-9-28-33(5)13-12-29(38)32(3,4)27(33)11-14-35(28,34)7/h25-30,38H,1,8-23H2,2-7H3/t25-,26+,27-,28+,29-,30+,33-,34+,35+,36-/m0/s1. The summed E-state index contributed by atoms with van der Waals surface area (Å²) in [5, 5.41) is 11.0. The molecule has 1 aliphatic heterocycles. The number of carbonyl (C=O) groups excluding carboxylic acids is 1. The molecule has 1 N–H and O–H groups in total. The van der Waals surface area contributed by atoms with Crippen LogP contribution >= 0.6 is 0 Å². The van der Waals surface area contributed by atoms with Crippen LogP contribution in [0.1, 0.15) is 106 Å². The van der Waals surface area contributed by atoms with Gasteiger partial charge in [-0.3, -0.25) is 9.69 Å². The van der Waals surface area contributed by atoms with Gasteiger partial charge in [-0.05, 0) is 122 Å². The number of aliphatic hydroxyl groups excluding tert-OH is 1. The molecule has 1 saturated heterocycles. The predicted octanol–water partition coefficient (Wildman–Crippen LogP) is 6.88. The van der Waals surface area contributed by atoms with Crippen molar-refractivity contribution in [3.63, 3.8) is 0 Å². The van der Waals surface area contributed by atoms with Gasteiger partial charge in [0.1, 0.15) is 6.61 Å². The fourth-order valence-electron chi connectivity index (χ4n) is 12.7. The van der Waals surface area contributed by atoms with Crippen LogP contribution in [0.4, 0.5) is 0 Å². The first-order valence-corrected chi connectivity index (χ1v) is 17.1. The second-order valence-electron chi connectivity index (χ2n) is 16.8. The van der Waals surface area contributed by atoms with E-state index in [1.165, 1.54) is 31.3 Å². The second-order valence-corrected chi connectivity index (χ2v) is 16.8.